The lowest BCUT2D eigenvalue weighted by atomic mass is 10.1. The average molecular weight is 315 g/mol. The number of nitrogens with one attached hydrogen (secondary N) is 1. The van der Waals surface area contributed by atoms with Crippen molar-refractivity contribution in [3.05, 3.63) is 58.7 Å². The molecule has 0 saturated carbocycles. The number of benzene rings is 2. The summed E-state index contributed by atoms with van der Waals surface area (Å²) < 4.78 is 10.8. The fourth-order valence-electron chi connectivity index (χ4n) is 2.36. The SMILES string of the molecule is COc1cc(CNCc2ccc(C)c(C)c2)ccc1OCCO. The summed E-state index contributed by atoms with van der Waals surface area (Å²) in [6.07, 6.45) is 0. The molecule has 0 unspecified atom stereocenters. The Morgan fingerprint density at radius 2 is 1.61 bits per heavy atom. The van der Waals surface area contributed by atoms with Crippen molar-refractivity contribution in [2.45, 2.75) is 26.9 Å². The van der Waals surface area contributed by atoms with Crippen LogP contribution in [0.1, 0.15) is 22.3 Å². The summed E-state index contributed by atoms with van der Waals surface area (Å²) >= 11 is 0. The lowest BCUT2D eigenvalue weighted by molar-refractivity contribution is 0.196. The van der Waals surface area contributed by atoms with E-state index >= 15 is 0 Å². The number of aliphatic hydroxyl groups is 1. The van der Waals surface area contributed by atoms with Crippen LogP contribution in [0.4, 0.5) is 0 Å². The second kappa shape index (κ2) is 8.56. The van der Waals surface area contributed by atoms with Gasteiger partial charge in [-0.3, -0.25) is 0 Å². The summed E-state index contributed by atoms with van der Waals surface area (Å²) in [6.45, 7) is 6.09. The van der Waals surface area contributed by atoms with Gasteiger partial charge in [-0.15, -0.1) is 0 Å². The third kappa shape index (κ3) is 4.98. The molecule has 23 heavy (non-hydrogen) atoms. The van der Waals surface area contributed by atoms with Gasteiger partial charge in [-0.05, 0) is 48.2 Å². The Bertz CT molecular complexity index is 641. The number of rotatable bonds is 8. The van der Waals surface area contributed by atoms with Crippen LogP contribution in [0.5, 0.6) is 11.5 Å². The van der Waals surface area contributed by atoms with Crippen LogP contribution in [0, 0.1) is 13.8 Å². The molecular weight excluding hydrogens is 290 g/mol. The highest BCUT2D eigenvalue weighted by Gasteiger charge is 2.06. The molecule has 2 rings (SSSR count). The van der Waals surface area contributed by atoms with E-state index in [4.69, 9.17) is 14.6 Å². The van der Waals surface area contributed by atoms with Crippen molar-refractivity contribution in [1.82, 2.24) is 5.32 Å². The molecule has 0 aliphatic rings. The molecule has 0 heterocycles. The smallest absolute Gasteiger partial charge is 0.161 e. The van der Waals surface area contributed by atoms with Crippen LogP contribution in [0.25, 0.3) is 0 Å². The minimum Gasteiger partial charge on any atom is -0.493 e. The second-order valence-corrected chi connectivity index (χ2v) is 5.58. The van der Waals surface area contributed by atoms with Crippen molar-refractivity contribution in [3.8, 4) is 11.5 Å². The third-order valence-corrected chi connectivity index (χ3v) is 3.81. The van der Waals surface area contributed by atoms with E-state index in [1.165, 1.54) is 16.7 Å². The van der Waals surface area contributed by atoms with Gasteiger partial charge in [0.05, 0.1) is 13.7 Å². The maximum atomic E-state index is 8.83. The minimum absolute atomic E-state index is 0.0115. The highest BCUT2D eigenvalue weighted by atomic mass is 16.5. The van der Waals surface area contributed by atoms with Gasteiger partial charge in [0.15, 0.2) is 11.5 Å². The molecule has 0 spiro atoms. The molecule has 2 aromatic rings. The van der Waals surface area contributed by atoms with E-state index in [1.54, 1.807) is 7.11 Å². The number of ether oxygens (including phenoxy) is 2. The summed E-state index contributed by atoms with van der Waals surface area (Å²) in [7, 11) is 1.62. The van der Waals surface area contributed by atoms with Crippen molar-refractivity contribution in [2.75, 3.05) is 20.3 Å². The van der Waals surface area contributed by atoms with Gasteiger partial charge in [0.1, 0.15) is 6.61 Å². The van der Waals surface area contributed by atoms with Gasteiger partial charge >= 0.3 is 0 Å². The molecule has 0 aliphatic carbocycles. The Hall–Kier alpha value is -2.04. The quantitative estimate of drug-likeness (QED) is 0.786. The number of methoxy groups -OCH3 is 1. The monoisotopic (exact) mass is 315 g/mol. The highest BCUT2D eigenvalue weighted by molar-refractivity contribution is 5.43. The first-order valence-corrected chi connectivity index (χ1v) is 7.81. The fourth-order valence-corrected chi connectivity index (χ4v) is 2.36. The molecule has 0 amide bonds. The summed E-state index contributed by atoms with van der Waals surface area (Å²) in [5.41, 5.74) is 5.04. The molecular formula is C19H25NO3. The molecule has 0 radical (unpaired) electrons. The van der Waals surface area contributed by atoms with Crippen molar-refractivity contribution in [1.29, 1.82) is 0 Å². The van der Waals surface area contributed by atoms with Gasteiger partial charge in [0.2, 0.25) is 0 Å². The van der Waals surface area contributed by atoms with Gasteiger partial charge in [-0.25, -0.2) is 0 Å². The van der Waals surface area contributed by atoms with Crippen LogP contribution < -0.4 is 14.8 Å². The maximum absolute atomic E-state index is 8.83. The fraction of sp³-hybridized carbons (Fsp3) is 0.368. The van der Waals surface area contributed by atoms with Gasteiger partial charge in [0, 0.05) is 13.1 Å². The largest absolute Gasteiger partial charge is 0.493 e. The molecule has 2 N–H and O–H groups in total. The number of hydrogen-bond donors (Lipinski definition) is 2. The Balaban J connectivity index is 1.93. The van der Waals surface area contributed by atoms with E-state index in [1.807, 2.05) is 18.2 Å². The number of aliphatic hydroxyl groups excluding tert-OH is 1. The molecule has 0 fully saturated rings. The predicted molar refractivity (Wildman–Crippen MR) is 92.0 cm³/mol. The standard InChI is InChI=1S/C19H25NO3/c1-14-4-5-16(10-15(14)2)12-20-13-17-6-7-18(23-9-8-21)19(11-17)22-3/h4-7,10-11,20-21H,8-9,12-13H2,1-3H3. The first kappa shape index (κ1) is 17.3. The van der Waals surface area contributed by atoms with E-state index in [0.717, 1.165) is 18.7 Å². The summed E-state index contributed by atoms with van der Waals surface area (Å²) in [5, 5.41) is 12.3. The summed E-state index contributed by atoms with van der Waals surface area (Å²) in [6, 6.07) is 12.4. The lowest BCUT2D eigenvalue weighted by Crippen LogP contribution is -2.13. The number of hydrogen-bond acceptors (Lipinski definition) is 4. The van der Waals surface area contributed by atoms with Gasteiger partial charge in [-0.2, -0.15) is 0 Å². The molecule has 2 aromatic carbocycles. The molecule has 0 saturated heterocycles. The van der Waals surface area contributed by atoms with Crippen LogP contribution in [0.15, 0.2) is 36.4 Å². The summed E-state index contributed by atoms with van der Waals surface area (Å²) in [4.78, 5) is 0. The van der Waals surface area contributed by atoms with Gasteiger partial charge < -0.3 is 19.9 Å². The Kier molecular flexibility index (Phi) is 6.44. The van der Waals surface area contributed by atoms with Crippen LogP contribution in [-0.2, 0) is 13.1 Å². The molecule has 4 nitrogen and oxygen atoms in total. The first-order chi connectivity index (χ1) is 11.1. The van der Waals surface area contributed by atoms with Crippen LogP contribution in [0.3, 0.4) is 0 Å². The molecule has 0 aliphatic heterocycles. The van der Waals surface area contributed by atoms with Crippen molar-refractivity contribution >= 4 is 0 Å². The normalized spacial score (nSPS) is 10.6. The summed E-state index contributed by atoms with van der Waals surface area (Å²) in [5.74, 6) is 1.34. The lowest BCUT2D eigenvalue weighted by Gasteiger charge is -2.12. The van der Waals surface area contributed by atoms with E-state index in [9.17, 15) is 0 Å². The van der Waals surface area contributed by atoms with Crippen molar-refractivity contribution in [3.63, 3.8) is 0 Å². The van der Waals surface area contributed by atoms with Crippen LogP contribution in [-0.4, -0.2) is 25.4 Å². The van der Waals surface area contributed by atoms with E-state index < -0.39 is 0 Å². The molecule has 0 atom stereocenters. The van der Waals surface area contributed by atoms with Gasteiger partial charge in [0.25, 0.3) is 0 Å². The van der Waals surface area contributed by atoms with Crippen molar-refractivity contribution in [2.24, 2.45) is 0 Å². The Labute approximate surface area is 138 Å². The zero-order chi connectivity index (χ0) is 16.7. The van der Waals surface area contributed by atoms with Crippen molar-refractivity contribution < 1.29 is 14.6 Å². The van der Waals surface area contributed by atoms with E-state index in [0.29, 0.717) is 11.5 Å². The molecule has 0 bridgehead atoms. The Morgan fingerprint density at radius 1 is 0.913 bits per heavy atom. The zero-order valence-corrected chi connectivity index (χ0v) is 14.1. The average Bonchev–Trinajstić information content (AvgIpc) is 2.56. The number of aryl methyl sites for hydroxylation is 2. The van der Waals surface area contributed by atoms with Gasteiger partial charge in [-0.1, -0.05) is 24.3 Å². The Morgan fingerprint density at radius 3 is 2.26 bits per heavy atom. The van der Waals surface area contributed by atoms with Crippen LogP contribution >= 0.6 is 0 Å². The second-order valence-electron chi connectivity index (χ2n) is 5.58. The topological polar surface area (TPSA) is 50.7 Å². The molecule has 124 valence electrons. The van der Waals surface area contributed by atoms with E-state index in [-0.39, 0.29) is 13.2 Å². The minimum atomic E-state index is -0.0115. The highest BCUT2D eigenvalue weighted by Crippen LogP contribution is 2.28. The third-order valence-electron chi connectivity index (χ3n) is 3.81. The first-order valence-electron chi connectivity index (χ1n) is 7.81. The predicted octanol–water partition coefficient (Wildman–Crippen LogP) is 2.97. The maximum Gasteiger partial charge on any atom is 0.161 e. The molecule has 0 aromatic heterocycles. The molecule has 4 heteroatoms. The van der Waals surface area contributed by atoms with E-state index in [2.05, 4.69) is 37.4 Å². The van der Waals surface area contributed by atoms with Crippen LogP contribution in [0.2, 0.25) is 0 Å². The zero-order valence-electron chi connectivity index (χ0n) is 14.1.